The van der Waals surface area contributed by atoms with E-state index in [1.165, 1.54) is 9.91 Å². The summed E-state index contributed by atoms with van der Waals surface area (Å²) in [5.41, 5.74) is 3.16. The molecule has 0 saturated carbocycles. The van der Waals surface area contributed by atoms with Gasteiger partial charge in [0, 0.05) is 10.6 Å². The Labute approximate surface area is 207 Å². The van der Waals surface area contributed by atoms with Crippen LogP contribution < -0.4 is 5.01 Å². The summed E-state index contributed by atoms with van der Waals surface area (Å²) in [5.74, 6) is -1.60. The highest BCUT2D eigenvalue weighted by Gasteiger charge is 2.42. The summed E-state index contributed by atoms with van der Waals surface area (Å²) in [4.78, 5) is 39.4. The van der Waals surface area contributed by atoms with Gasteiger partial charge in [-0.25, -0.2) is 9.80 Å². The van der Waals surface area contributed by atoms with Crippen LogP contribution in [0.4, 0.5) is 5.69 Å². The van der Waals surface area contributed by atoms with Crippen molar-refractivity contribution in [3.63, 3.8) is 0 Å². The Bertz CT molecular complexity index is 1320. The largest absolute Gasteiger partial charge is 0.480 e. The van der Waals surface area contributed by atoms with Crippen molar-refractivity contribution in [3.05, 3.63) is 101 Å². The van der Waals surface area contributed by atoms with E-state index in [-0.39, 0.29) is 12.3 Å². The minimum absolute atomic E-state index is 0.160. The van der Waals surface area contributed by atoms with Crippen molar-refractivity contribution < 1.29 is 19.5 Å². The molecule has 2 aliphatic heterocycles. The lowest BCUT2D eigenvalue weighted by Gasteiger charge is -2.29. The number of hydrogen-bond donors (Lipinski definition) is 1. The molecule has 2 atom stereocenters. The van der Waals surface area contributed by atoms with Crippen LogP contribution in [0.1, 0.15) is 46.8 Å². The Kier molecular flexibility index (Phi) is 6.09. The van der Waals surface area contributed by atoms with Gasteiger partial charge in [-0.1, -0.05) is 60.1 Å². The number of carbonyl (C=O) groups is 3. The molecular weight excluding hydrogens is 466 g/mol. The maximum Gasteiger partial charge on any atom is 0.326 e. The van der Waals surface area contributed by atoms with Gasteiger partial charge in [0.15, 0.2) is 0 Å². The number of benzene rings is 3. The zero-order valence-corrected chi connectivity index (χ0v) is 19.4. The predicted molar refractivity (Wildman–Crippen MR) is 133 cm³/mol. The molecule has 2 aliphatic rings. The number of carboxylic acid groups (broad SMARTS) is 1. The van der Waals surface area contributed by atoms with Crippen molar-refractivity contribution in [3.8, 4) is 0 Å². The van der Waals surface area contributed by atoms with Crippen molar-refractivity contribution in [2.24, 2.45) is 5.10 Å². The minimum Gasteiger partial charge on any atom is -0.480 e. The molecule has 5 rings (SSSR count). The number of hydrogen-bond acceptors (Lipinski definition) is 4. The summed E-state index contributed by atoms with van der Waals surface area (Å²) in [7, 11) is 0. The third-order valence-electron chi connectivity index (χ3n) is 6.41. The van der Waals surface area contributed by atoms with Crippen LogP contribution in [-0.4, -0.2) is 39.5 Å². The standard InChI is InChI=1S/C27H22ClN3O4/c28-21-9-5-4-8-20(21)23-14-15-24(27(34)35)30(23)26(33)18-10-12-19(13-11-18)31-25(32)16-22(29-31)17-6-2-1-3-7-17/h1-13,23-24H,14-16H2,(H,34,35)/t23-,24+/m1/s1. The number of likely N-dealkylation sites (tertiary alicyclic amines) is 1. The molecule has 2 heterocycles. The molecule has 1 saturated heterocycles. The molecule has 0 aromatic heterocycles. The first-order valence-electron chi connectivity index (χ1n) is 11.3. The molecule has 176 valence electrons. The average molecular weight is 488 g/mol. The van der Waals surface area contributed by atoms with Crippen molar-refractivity contribution in [1.82, 2.24) is 4.90 Å². The number of nitrogens with zero attached hydrogens (tertiary/aromatic N) is 3. The highest BCUT2D eigenvalue weighted by Crippen LogP contribution is 2.40. The number of hydrazone groups is 1. The van der Waals surface area contributed by atoms with Crippen LogP contribution >= 0.6 is 11.6 Å². The SMILES string of the molecule is O=C(O)[C@@H]1CC[C@H](c2ccccc2Cl)N1C(=O)c1ccc(N2N=C(c3ccccc3)CC2=O)cc1. The summed E-state index contributed by atoms with van der Waals surface area (Å²) < 4.78 is 0. The Morgan fingerprint density at radius 1 is 0.914 bits per heavy atom. The normalized spacial score (nSPS) is 19.7. The molecule has 2 amide bonds. The zero-order valence-electron chi connectivity index (χ0n) is 18.7. The fourth-order valence-electron chi connectivity index (χ4n) is 4.70. The molecule has 1 fully saturated rings. The van der Waals surface area contributed by atoms with Crippen LogP contribution in [0, 0.1) is 0 Å². The molecule has 3 aromatic carbocycles. The summed E-state index contributed by atoms with van der Waals surface area (Å²) >= 11 is 6.38. The Morgan fingerprint density at radius 2 is 1.60 bits per heavy atom. The molecule has 35 heavy (non-hydrogen) atoms. The average Bonchev–Trinajstić information content (AvgIpc) is 3.49. The highest BCUT2D eigenvalue weighted by molar-refractivity contribution is 6.31. The van der Waals surface area contributed by atoms with E-state index in [0.717, 1.165) is 11.1 Å². The third-order valence-corrected chi connectivity index (χ3v) is 6.75. The van der Waals surface area contributed by atoms with Crippen LogP contribution in [0.15, 0.2) is 84.0 Å². The third kappa shape index (κ3) is 4.31. The van der Waals surface area contributed by atoms with Gasteiger partial charge < -0.3 is 10.0 Å². The van der Waals surface area contributed by atoms with Crippen LogP contribution in [0.2, 0.25) is 5.02 Å². The fourth-order valence-corrected chi connectivity index (χ4v) is 4.97. The van der Waals surface area contributed by atoms with E-state index < -0.39 is 24.0 Å². The minimum atomic E-state index is -1.05. The molecular formula is C27H22ClN3O4. The maximum atomic E-state index is 13.5. The van der Waals surface area contributed by atoms with E-state index in [1.807, 2.05) is 42.5 Å². The molecule has 0 spiro atoms. The second-order valence-electron chi connectivity index (χ2n) is 8.52. The molecule has 7 nitrogen and oxygen atoms in total. The zero-order chi connectivity index (χ0) is 24.5. The van der Waals surface area contributed by atoms with E-state index >= 15 is 0 Å². The van der Waals surface area contributed by atoms with Gasteiger partial charge in [-0.05, 0) is 54.3 Å². The van der Waals surface area contributed by atoms with Gasteiger partial charge >= 0.3 is 5.97 Å². The summed E-state index contributed by atoms with van der Waals surface area (Å²) in [5, 5.41) is 16.1. The van der Waals surface area contributed by atoms with Gasteiger partial charge in [-0.3, -0.25) is 9.59 Å². The molecule has 3 aromatic rings. The quantitative estimate of drug-likeness (QED) is 0.553. The second kappa shape index (κ2) is 9.35. The van der Waals surface area contributed by atoms with Gasteiger partial charge in [0.2, 0.25) is 0 Å². The first-order valence-corrected chi connectivity index (χ1v) is 11.7. The number of carboxylic acids is 1. The second-order valence-corrected chi connectivity index (χ2v) is 8.93. The van der Waals surface area contributed by atoms with Crippen molar-refractivity contribution in [1.29, 1.82) is 0 Å². The van der Waals surface area contributed by atoms with Gasteiger partial charge in [0.25, 0.3) is 11.8 Å². The lowest BCUT2D eigenvalue weighted by atomic mass is 10.0. The van der Waals surface area contributed by atoms with Gasteiger partial charge in [-0.2, -0.15) is 5.10 Å². The number of anilines is 1. The summed E-state index contributed by atoms with van der Waals surface area (Å²) in [6.45, 7) is 0. The smallest absolute Gasteiger partial charge is 0.326 e. The van der Waals surface area contributed by atoms with Crippen molar-refractivity contribution >= 4 is 40.8 Å². The van der Waals surface area contributed by atoms with Gasteiger partial charge in [-0.15, -0.1) is 0 Å². The monoisotopic (exact) mass is 487 g/mol. The number of aliphatic carboxylic acids is 1. The first-order chi connectivity index (χ1) is 16.9. The van der Waals surface area contributed by atoms with Crippen LogP contribution in [0.5, 0.6) is 0 Å². The summed E-state index contributed by atoms with van der Waals surface area (Å²) in [6, 6.07) is 21.8. The van der Waals surface area contributed by atoms with E-state index in [0.29, 0.717) is 34.8 Å². The Hall–Kier alpha value is -3.97. The maximum absolute atomic E-state index is 13.5. The van der Waals surface area contributed by atoms with Gasteiger partial charge in [0.1, 0.15) is 6.04 Å². The van der Waals surface area contributed by atoms with Crippen LogP contribution in [0.3, 0.4) is 0 Å². The van der Waals surface area contributed by atoms with Crippen molar-refractivity contribution in [2.45, 2.75) is 31.3 Å². The number of rotatable bonds is 5. The van der Waals surface area contributed by atoms with E-state index in [1.54, 1.807) is 36.4 Å². The molecule has 0 aliphatic carbocycles. The molecule has 1 N–H and O–H groups in total. The van der Waals surface area contributed by atoms with E-state index in [2.05, 4.69) is 5.10 Å². The Balaban J connectivity index is 1.41. The van der Waals surface area contributed by atoms with E-state index in [4.69, 9.17) is 11.6 Å². The van der Waals surface area contributed by atoms with Crippen LogP contribution in [-0.2, 0) is 9.59 Å². The molecule has 8 heteroatoms. The lowest BCUT2D eigenvalue weighted by molar-refractivity contribution is -0.141. The fraction of sp³-hybridized carbons (Fsp3) is 0.185. The summed E-state index contributed by atoms with van der Waals surface area (Å²) in [6.07, 6.45) is 1.04. The number of carbonyl (C=O) groups excluding carboxylic acids is 2. The van der Waals surface area contributed by atoms with Gasteiger partial charge in [0.05, 0.1) is 23.9 Å². The van der Waals surface area contributed by atoms with Crippen molar-refractivity contribution in [2.75, 3.05) is 5.01 Å². The molecule has 0 bridgehead atoms. The molecule has 0 radical (unpaired) electrons. The number of amides is 2. The van der Waals surface area contributed by atoms with E-state index in [9.17, 15) is 19.5 Å². The predicted octanol–water partition coefficient (Wildman–Crippen LogP) is 4.91. The van der Waals surface area contributed by atoms with Crippen LogP contribution in [0.25, 0.3) is 0 Å². The number of halogens is 1. The Morgan fingerprint density at radius 3 is 2.29 bits per heavy atom. The first kappa shape index (κ1) is 22.8. The molecule has 0 unspecified atom stereocenters. The lowest BCUT2D eigenvalue weighted by Crippen LogP contribution is -2.41. The highest BCUT2D eigenvalue weighted by atomic mass is 35.5. The topological polar surface area (TPSA) is 90.3 Å².